The van der Waals surface area contributed by atoms with Gasteiger partial charge in [-0.15, -0.1) is 0 Å². The largest absolute Gasteiger partial charge is 0.454 e. The minimum Gasteiger partial charge on any atom is -0.454 e. The normalized spacial score (nSPS) is 17.2. The lowest BCUT2D eigenvalue weighted by molar-refractivity contribution is -0.133. The van der Waals surface area contributed by atoms with Crippen molar-refractivity contribution in [2.45, 2.75) is 19.5 Å². The molecule has 11 heteroatoms. The first-order chi connectivity index (χ1) is 15.6. The molecular weight excluding hydrogens is 456 g/mol. The number of hydrogen-bond acceptors (Lipinski definition) is 6. The number of carbonyl (C=O) groups excluding carboxylic acids is 1. The molecule has 2 aliphatic rings. The van der Waals surface area contributed by atoms with Crippen molar-refractivity contribution in [1.82, 2.24) is 9.80 Å². The fraction of sp³-hybridized carbons (Fsp3) is 0.409. The molecule has 0 aromatic heterocycles. The Morgan fingerprint density at radius 2 is 1.73 bits per heavy atom. The number of piperazine rings is 1. The van der Waals surface area contributed by atoms with Gasteiger partial charge in [0.15, 0.2) is 23.1 Å². The maximum Gasteiger partial charge on any atom is 0.246 e. The predicted octanol–water partition coefficient (Wildman–Crippen LogP) is 2.19. The molecule has 1 fully saturated rings. The van der Waals surface area contributed by atoms with Gasteiger partial charge in [0.05, 0.1) is 11.9 Å². The lowest BCUT2D eigenvalue weighted by atomic mass is 10.1. The number of carbonyl (C=O) groups is 1. The second kappa shape index (κ2) is 9.14. The Hall–Kier alpha value is -2.92. The van der Waals surface area contributed by atoms with E-state index in [2.05, 4.69) is 4.90 Å². The van der Waals surface area contributed by atoms with Gasteiger partial charge in [0.2, 0.25) is 22.7 Å². The van der Waals surface area contributed by atoms with E-state index in [9.17, 15) is 22.0 Å². The number of fused-ring (bicyclic) bond motifs is 1. The number of nitrogens with zero attached hydrogens (tertiary/aromatic N) is 3. The first-order valence-electron chi connectivity index (χ1n) is 10.5. The number of anilines is 1. The van der Waals surface area contributed by atoms with Gasteiger partial charge in [0.1, 0.15) is 6.04 Å². The second-order valence-electron chi connectivity index (χ2n) is 8.12. The van der Waals surface area contributed by atoms with Crippen LogP contribution in [0.15, 0.2) is 36.4 Å². The maximum absolute atomic E-state index is 13.7. The Morgan fingerprint density at radius 1 is 1.03 bits per heavy atom. The number of hydrogen-bond donors (Lipinski definition) is 0. The average Bonchev–Trinajstić information content (AvgIpc) is 3.23. The SMILES string of the molecule is CC(C(=O)N1CCN(Cc2ccc3c(c2)OCO3)CC1)N(c1ccc(F)c(F)c1)S(C)(=O)=O. The minimum absolute atomic E-state index is 0.0984. The Morgan fingerprint density at radius 3 is 2.39 bits per heavy atom. The predicted molar refractivity (Wildman–Crippen MR) is 118 cm³/mol. The topological polar surface area (TPSA) is 79.4 Å². The van der Waals surface area contributed by atoms with Crippen molar-refractivity contribution in [3.05, 3.63) is 53.6 Å². The summed E-state index contributed by atoms with van der Waals surface area (Å²) in [6, 6.07) is 7.44. The fourth-order valence-corrected chi connectivity index (χ4v) is 5.27. The van der Waals surface area contributed by atoms with E-state index in [4.69, 9.17) is 9.47 Å². The van der Waals surface area contributed by atoms with Gasteiger partial charge < -0.3 is 14.4 Å². The molecule has 2 aromatic carbocycles. The molecule has 8 nitrogen and oxygen atoms in total. The zero-order chi connectivity index (χ0) is 23.8. The highest BCUT2D eigenvalue weighted by molar-refractivity contribution is 7.92. The van der Waals surface area contributed by atoms with E-state index in [1.54, 1.807) is 4.90 Å². The molecule has 2 heterocycles. The summed E-state index contributed by atoms with van der Waals surface area (Å²) in [5.41, 5.74) is 0.965. The highest BCUT2D eigenvalue weighted by Crippen LogP contribution is 2.33. The number of amides is 1. The molecule has 0 saturated carbocycles. The Balaban J connectivity index is 1.40. The number of benzene rings is 2. The van der Waals surface area contributed by atoms with E-state index in [0.29, 0.717) is 38.5 Å². The van der Waals surface area contributed by atoms with E-state index in [1.165, 1.54) is 6.92 Å². The standard InChI is InChI=1S/C22H25F2N3O5S/c1-15(27(33(2,29)30)17-4-5-18(23)19(24)12-17)22(28)26-9-7-25(8-10-26)13-16-3-6-20-21(11-16)32-14-31-20/h3-6,11-12,15H,7-10,13-14H2,1-2H3. The Labute approximate surface area is 191 Å². The van der Waals surface area contributed by atoms with Gasteiger partial charge >= 0.3 is 0 Å². The highest BCUT2D eigenvalue weighted by Gasteiger charge is 2.33. The third-order valence-electron chi connectivity index (χ3n) is 5.75. The van der Waals surface area contributed by atoms with Crippen molar-refractivity contribution >= 4 is 21.6 Å². The third-order valence-corrected chi connectivity index (χ3v) is 6.99. The summed E-state index contributed by atoms with van der Waals surface area (Å²) in [6.07, 6.45) is 0.932. The first-order valence-corrected chi connectivity index (χ1v) is 12.3. The zero-order valence-corrected chi connectivity index (χ0v) is 19.1. The van der Waals surface area contributed by atoms with Crippen LogP contribution in [0.2, 0.25) is 0 Å². The van der Waals surface area contributed by atoms with Crippen molar-refractivity contribution in [1.29, 1.82) is 0 Å². The zero-order valence-electron chi connectivity index (χ0n) is 18.3. The van der Waals surface area contributed by atoms with Crippen LogP contribution in [-0.4, -0.2) is 69.4 Å². The van der Waals surface area contributed by atoms with Crippen molar-refractivity contribution in [2.75, 3.05) is 43.5 Å². The third kappa shape index (κ3) is 5.03. The molecule has 1 amide bonds. The van der Waals surface area contributed by atoms with Crippen molar-refractivity contribution in [3.8, 4) is 11.5 Å². The molecule has 0 bridgehead atoms. The van der Waals surface area contributed by atoms with Crippen LogP contribution in [0.1, 0.15) is 12.5 Å². The van der Waals surface area contributed by atoms with Gasteiger partial charge in [-0.1, -0.05) is 6.07 Å². The van der Waals surface area contributed by atoms with Crippen LogP contribution < -0.4 is 13.8 Å². The molecule has 2 aromatic rings. The molecule has 1 saturated heterocycles. The Kier molecular flexibility index (Phi) is 6.44. The summed E-state index contributed by atoms with van der Waals surface area (Å²) >= 11 is 0. The van der Waals surface area contributed by atoms with Gasteiger partial charge in [-0.2, -0.15) is 0 Å². The van der Waals surface area contributed by atoms with E-state index in [-0.39, 0.29) is 12.5 Å². The number of sulfonamides is 1. The van der Waals surface area contributed by atoms with Gasteiger partial charge in [-0.25, -0.2) is 17.2 Å². The summed E-state index contributed by atoms with van der Waals surface area (Å²) in [4.78, 5) is 16.9. The number of rotatable bonds is 6. The van der Waals surface area contributed by atoms with Crippen LogP contribution in [0.25, 0.3) is 0 Å². The first kappa shape index (κ1) is 23.2. The average molecular weight is 482 g/mol. The molecular formula is C22H25F2N3O5S. The van der Waals surface area contributed by atoms with Gasteiger partial charge in [0, 0.05) is 38.8 Å². The molecule has 4 rings (SSSR count). The van der Waals surface area contributed by atoms with Crippen LogP contribution >= 0.6 is 0 Å². The minimum atomic E-state index is -3.92. The Bertz CT molecular complexity index is 1150. The summed E-state index contributed by atoms with van der Waals surface area (Å²) < 4.78 is 63.4. The molecule has 1 atom stereocenters. The molecule has 0 N–H and O–H groups in total. The maximum atomic E-state index is 13.7. The molecule has 0 aliphatic carbocycles. The molecule has 2 aliphatic heterocycles. The van der Waals surface area contributed by atoms with Gasteiger partial charge in [0.25, 0.3) is 0 Å². The molecule has 33 heavy (non-hydrogen) atoms. The van der Waals surface area contributed by atoms with E-state index in [0.717, 1.165) is 40.1 Å². The van der Waals surface area contributed by atoms with Crippen molar-refractivity contribution < 1.29 is 31.5 Å². The quantitative estimate of drug-likeness (QED) is 0.630. The highest BCUT2D eigenvalue weighted by atomic mass is 32.2. The number of ether oxygens (including phenoxy) is 2. The molecule has 0 spiro atoms. The smallest absolute Gasteiger partial charge is 0.246 e. The van der Waals surface area contributed by atoms with E-state index >= 15 is 0 Å². The lowest BCUT2D eigenvalue weighted by Crippen LogP contribution is -2.55. The number of halogens is 2. The molecule has 178 valence electrons. The van der Waals surface area contributed by atoms with Crippen LogP contribution in [0, 0.1) is 11.6 Å². The van der Waals surface area contributed by atoms with Crippen LogP contribution in [0.4, 0.5) is 14.5 Å². The van der Waals surface area contributed by atoms with Crippen molar-refractivity contribution in [2.24, 2.45) is 0 Å². The fourth-order valence-electron chi connectivity index (χ4n) is 4.11. The summed E-state index contributed by atoms with van der Waals surface area (Å²) in [5.74, 6) is -1.23. The molecule has 1 unspecified atom stereocenters. The summed E-state index contributed by atoms with van der Waals surface area (Å²) in [6.45, 7) is 4.40. The van der Waals surface area contributed by atoms with Crippen LogP contribution in [-0.2, 0) is 21.4 Å². The van der Waals surface area contributed by atoms with Gasteiger partial charge in [-0.05, 0) is 36.8 Å². The summed E-state index contributed by atoms with van der Waals surface area (Å²) in [7, 11) is -3.92. The van der Waals surface area contributed by atoms with Crippen LogP contribution in [0.5, 0.6) is 11.5 Å². The van der Waals surface area contributed by atoms with Gasteiger partial charge in [-0.3, -0.25) is 14.0 Å². The van der Waals surface area contributed by atoms with E-state index < -0.39 is 33.6 Å². The lowest BCUT2D eigenvalue weighted by Gasteiger charge is -2.38. The second-order valence-corrected chi connectivity index (χ2v) is 9.98. The summed E-state index contributed by atoms with van der Waals surface area (Å²) in [5, 5.41) is 0. The monoisotopic (exact) mass is 481 g/mol. The van der Waals surface area contributed by atoms with Crippen LogP contribution in [0.3, 0.4) is 0 Å². The molecule has 0 radical (unpaired) electrons. The van der Waals surface area contributed by atoms with E-state index in [1.807, 2.05) is 18.2 Å². The van der Waals surface area contributed by atoms with Crippen molar-refractivity contribution in [3.63, 3.8) is 0 Å².